The number of pyridine rings is 1. The summed E-state index contributed by atoms with van der Waals surface area (Å²) in [4.78, 5) is 4.27. The van der Waals surface area contributed by atoms with E-state index in [0.717, 1.165) is 16.7 Å². The predicted molar refractivity (Wildman–Crippen MR) is 62.9 cm³/mol. The quantitative estimate of drug-likeness (QED) is 0.807. The molecule has 80 valence electrons. The van der Waals surface area contributed by atoms with Crippen molar-refractivity contribution in [3.8, 4) is 0 Å². The number of aromatic nitrogens is 2. The number of hydrogen-bond donors (Lipinski definition) is 1. The van der Waals surface area contributed by atoms with Crippen molar-refractivity contribution in [1.82, 2.24) is 9.55 Å². The van der Waals surface area contributed by atoms with E-state index in [1.807, 2.05) is 37.6 Å². The third-order valence-corrected chi connectivity index (χ3v) is 2.73. The lowest BCUT2D eigenvalue weighted by molar-refractivity contribution is 0.516. The zero-order valence-corrected chi connectivity index (χ0v) is 9.84. The van der Waals surface area contributed by atoms with Crippen molar-refractivity contribution >= 4 is 22.6 Å². The van der Waals surface area contributed by atoms with E-state index in [1.54, 1.807) is 6.20 Å². The molecule has 0 radical (unpaired) electrons. The monoisotopic (exact) mass is 223 g/mol. The Kier molecular flexibility index (Phi) is 2.24. The molecule has 0 aliphatic rings. The number of nitrogens with two attached hydrogens (primary N) is 1. The van der Waals surface area contributed by atoms with Gasteiger partial charge in [-0.1, -0.05) is 11.6 Å². The molecule has 2 aromatic rings. The Labute approximate surface area is 93.9 Å². The van der Waals surface area contributed by atoms with Crippen molar-refractivity contribution in [2.75, 3.05) is 0 Å². The molecule has 2 rings (SSSR count). The average Bonchev–Trinajstić information content (AvgIpc) is 2.43. The minimum atomic E-state index is -0.373. The number of fused-ring (bicyclic) bond motifs is 1. The van der Waals surface area contributed by atoms with Crippen LogP contribution in [-0.2, 0) is 12.6 Å². The first-order valence-corrected chi connectivity index (χ1v) is 5.18. The van der Waals surface area contributed by atoms with Crippen LogP contribution in [0.4, 0.5) is 0 Å². The molecular formula is C11H14ClN3. The molecule has 0 aliphatic carbocycles. The topological polar surface area (TPSA) is 43.8 Å². The lowest BCUT2D eigenvalue weighted by atomic mass is 10.0. The van der Waals surface area contributed by atoms with Gasteiger partial charge in [-0.15, -0.1) is 0 Å². The first-order chi connectivity index (χ1) is 6.89. The fraction of sp³-hybridized carbons (Fsp3) is 0.364. The smallest absolute Gasteiger partial charge is 0.0885 e. The summed E-state index contributed by atoms with van der Waals surface area (Å²) >= 11 is 5.91. The molecule has 15 heavy (non-hydrogen) atoms. The zero-order valence-electron chi connectivity index (χ0n) is 9.08. The highest BCUT2D eigenvalue weighted by Gasteiger charge is 2.20. The maximum Gasteiger partial charge on any atom is 0.0885 e. The van der Waals surface area contributed by atoms with Crippen LogP contribution in [0.25, 0.3) is 11.0 Å². The van der Waals surface area contributed by atoms with Crippen LogP contribution in [0.2, 0.25) is 5.02 Å². The summed E-state index contributed by atoms with van der Waals surface area (Å²) in [5, 5.41) is 0.644. The van der Waals surface area contributed by atoms with Gasteiger partial charge in [0.1, 0.15) is 0 Å². The lowest BCUT2D eigenvalue weighted by Gasteiger charge is -2.19. The Morgan fingerprint density at radius 2 is 2.07 bits per heavy atom. The molecule has 0 fully saturated rings. The van der Waals surface area contributed by atoms with Crippen molar-refractivity contribution in [2.45, 2.75) is 19.4 Å². The second-order valence-electron chi connectivity index (χ2n) is 4.37. The standard InChI is InChI=1S/C11H14ClN3/c1-11(2,13)10-5-8-9(15(10)3)4-7(12)6-14-8/h4-6H,13H2,1-3H3. The Morgan fingerprint density at radius 1 is 1.40 bits per heavy atom. The summed E-state index contributed by atoms with van der Waals surface area (Å²) in [6, 6.07) is 3.91. The normalized spacial score (nSPS) is 12.3. The molecule has 0 aliphatic heterocycles. The van der Waals surface area contributed by atoms with Crippen molar-refractivity contribution < 1.29 is 0 Å². The highest BCUT2D eigenvalue weighted by molar-refractivity contribution is 6.31. The molecular weight excluding hydrogens is 210 g/mol. The van der Waals surface area contributed by atoms with E-state index < -0.39 is 0 Å². The molecule has 0 spiro atoms. The van der Waals surface area contributed by atoms with Gasteiger partial charge in [0.05, 0.1) is 21.6 Å². The molecule has 0 atom stereocenters. The number of nitrogens with zero attached hydrogens (tertiary/aromatic N) is 2. The van der Waals surface area contributed by atoms with E-state index in [0.29, 0.717) is 5.02 Å². The first kappa shape index (κ1) is 10.5. The molecule has 4 heteroatoms. The summed E-state index contributed by atoms with van der Waals surface area (Å²) in [7, 11) is 1.98. The van der Waals surface area contributed by atoms with E-state index in [4.69, 9.17) is 17.3 Å². The van der Waals surface area contributed by atoms with E-state index in [-0.39, 0.29) is 5.54 Å². The first-order valence-electron chi connectivity index (χ1n) is 4.80. The SMILES string of the molecule is Cn1c(C(C)(C)N)cc2ncc(Cl)cc21. The molecule has 0 unspecified atom stereocenters. The molecule has 0 amide bonds. The van der Waals surface area contributed by atoms with Crippen LogP contribution < -0.4 is 5.73 Å². The summed E-state index contributed by atoms with van der Waals surface area (Å²) in [6.45, 7) is 3.95. The van der Waals surface area contributed by atoms with Crippen molar-refractivity contribution in [3.63, 3.8) is 0 Å². The molecule has 2 heterocycles. The minimum absolute atomic E-state index is 0.373. The number of aryl methyl sites for hydroxylation is 1. The lowest BCUT2D eigenvalue weighted by Crippen LogP contribution is -2.30. The summed E-state index contributed by atoms with van der Waals surface area (Å²) in [5.41, 5.74) is 8.69. The average molecular weight is 224 g/mol. The highest BCUT2D eigenvalue weighted by atomic mass is 35.5. The van der Waals surface area contributed by atoms with Crippen LogP contribution >= 0.6 is 11.6 Å². The molecule has 2 N–H and O–H groups in total. The van der Waals surface area contributed by atoms with E-state index in [1.165, 1.54) is 0 Å². The van der Waals surface area contributed by atoms with Crippen LogP contribution in [0.1, 0.15) is 19.5 Å². The Bertz CT molecular complexity index is 508. The van der Waals surface area contributed by atoms with Gasteiger partial charge in [0, 0.05) is 18.9 Å². The largest absolute Gasteiger partial charge is 0.345 e. The summed E-state index contributed by atoms with van der Waals surface area (Å²) < 4.78 is 2.04. The predicted octanol–water partition coefficient (Wildman–Crippen LogP) is 2.42. The van der Waals surface area contributed by atoms with Crippen LogP contribution in [0.15, 0.2) is 18.3 Å². The summed E-state index contributed by atoms with van der Waals surface area (Å²) in [5.74, 6) is 0. The molecule has 0 saturated carbocycles. The number of rotatable bonds is 1. The van der Waals surface area contributed by atoms with Crippen LogP contribution in [0.3, 0.4) is 0 Å². The number of halogens is 1. The van der Waals surface area contributed by atoms with E-state index in [9.17, 15) is 0 Å². The minimum Gasteiger partial charge on any atom is -0.345 e. The van der Waals surface area contributed by atoms with Gasteiger partial charge in [0.25, 0.3) is 0 Å². The van der Waals surface area contributed by atoms with Gasteiger partial charge in [0.15, 0.2) is 0 Å². The molecule has 3 nitrogen and oxygen atoms in total. The van der Waals surface area contributed by atoms with Gasteiger partial charge in [-0.2, -0.15) is 0 Å². The maximum atomic E-state index is 6.08. The Hall–Kier alpha value is -1.06. The van der Waals surface area contributed by atoms with Crippen LogP contribution in [0.5, 0.6) is 0 Å². The van der Waals surface area contributed by atoms with Crippen molar-refractivity contribution in [2.24, 2.45) is 12.8 Å². The molecule has 2 aromatic heterocycles. The van der Waals surface area contributed by atoms with Crippen LogP contribution in [0, 0.1) is 0 Å². The van der Waals surface area contributed by atoms with Gasteiger partial charge < -0.3 is 10.3 Å². The zero-order chi connectivity index (χ0) is 11.2. The van der Waals surface area contributed by atoms with Gasteiger partial charge in [-0.25, -0.2) is 0 Å². The van der Waals surface area contributed by atoms with E-state index in [2.05, 4.69) is 4.98 Å². The molecule has 0 bridgehead atoms. The molecule has 0 saturated heterocycles. The van der Waals surface area contributed by atoms with Gasteiger partial charge >= 0.3 is 0 Å². The van der Waals surface area contributed by atoms with Crippen LogP contribution in [-0.4, -0.2) is 9.55 Å². The third-order valence-electron chi connectivity index (χ3n) is 2.52. The second-order valence-corrected chi connectivity index (χ2v) is 4.80. The van der Waals surface area contributed by atoms with Crippen molar-refractivity contribution in [3.05, 3.63) is 29.0 Å². The number of hydrogen-bond acceptors (Lipinski definition) is 2. The second kappa shape index (κ2) is 3.22. The maximum absolute atomic E-state index is 6.08. The van der Waals surface area contributed by atoms with E-state index >= 15 is 0 Å². The fourth-order valence-electron chi connectivity index (χ4n) is 1.79. The van der Waals surface area contributed by atoms with Gasteiger partial charge in [0.2, 0.25) is 0 Å². The van der Waals surface area contributed by atoms with Gasteiger partial charge in [-0.3, -0.25) is 4.98 Å². The Morgan fingerprint density at radius 3 is 2.67 bits per heavy atom. The highest BCUT2D eigenvalue weighted by Crippen LogP contribution is 2.25. The van der Waals surface area contributed by atoms with Crippen molar-refractivity contribution in [1.29, 1.82) is 0 Å². The third kappa shape index (κ3) is 1.73. The Balaban J connectivity index is 2.76. The molecule has 0 aromatic carbocycles. The van der Waals surface area contributed by atoms with Gasteiger partial charge in [-0.05, 0) is 26.0 Å². The summed E-state index contributed by atoms with van der Waals surface area (Å²) in [6.07, 6.45) is 1.65. The fourth-order valence-corrected chi connectivity index (χ4v) is 1.95.